The molecule has 0 aromatic carbocycles. The average molecular weight is 395 g/mol. The van der Waals surface area contributed by atoms with E-state index in [0.29, 0.717) is 47.4 Å². The molecule has 140 valence electrons. The SMILES string of the molecule is Nc1nc(CC2CCCCC2)c2nc(Cl)nc(N3CCS(=O)CC3)c2n1. The van der Waals surface area contributed by atoms with E-state index < -0.39 is 10.8 Å². The van der Waals surface area contributed by atoms with Crippen LogP contribution in [0.15, 0.2) is 0 Å². The summed E-state index contributed by atoms with van der Waals surface area (Å²) in [6.07, 6.45) is 7.14. The predicted molar refractivity (Wildman–Crippen MR) is 105 cm³/mol. The molecular formula is C17H23ClN6OS. The quantitative estimate of drug-likeness (QED) is 0.797. The highest BCUT2D eigenvalue weighted by molar-refractivity contribution is 7.85. The van der Waals surface area contributed by atoms with Gasteiger partial charge in [0.05, 0.1) is 5.69 Å². The number of hydrogen-bond acceptors (Lipinski definition) is 7. The standard InChI is InChI=1S/C17H23ClN6OS/c18-16-21-13-12(10-11-4-2-1-3-5-11)20-17(19)22-14(13)15(23-16)24-6-8-26(25)9-7-24/h11H,1-10H2,(H2,19,20,22). The molecule has 0 atom stereocenters. The third kappa shape index (κ3) is 3.76. The van der Waals surface area contributed by atoms with Crippen LogP contribution in [0.2, 0.25) is 5.28 Å². The Balaban J connectivity index is 1.75. The van der Waals surface area contributed by atoms with Crippen molar-refractivity contribution in [2.45, 2.75) is 38.5 Å². The van der Waals surface area contributed by atoms with Crippen molar-refractivity contribution in [3.05, 3.63) is 11.0 Å². The first-order chi connectivity index (χ1) is 12.6. The van der Waals surface area contributed by atoms with Gasteiger partial charge in [-0.25, -0.2) is 15.0 Å². The van der Waals surface area contributed by atoms with Crippen LogP contribution in [0, 0.1) is 5.92 Å². The van der Waals surface area contributed by atoms with Crippen LogP contribution >= 0.6 is 11.6 Å². The van der Waals surface area contributed by atoms with Crippen LogP contribution in [0.1, 0.15) is 37.8 Å². The number of halogens is 1. The van der Waals surface area contributed by atoms with Crippen LogP contribution in [-0.4, -0.2) is 48.7 Å². The van der Waals surface area contributed by atoms with Crippen molar-refractivity contribution in [2.24, 2.45) is 5.92 Å². The predicted octanol–water partition coefficient (Wildman–Crippen LogP) is 2.35. The normalized spacial score (nSPS) is 20.0. The summed E-state index contributed by atoms with van der Waals surface area (Å²) >= 11 is 6.23. The number of aromatic nitrogens is 4. The molecule has 0 spiro atoms. The van der Waals surface area contributed by atoms with Gasteiger partial charge in [0.25, 0.3) is 0 Å². The van der Waals surface area contributed by atoms with Crippen LogP contribution in [0.4, 0.5) is 11.8 Å². The van der Waals surface area contributed by atoms with Crippen LogP contribution < -0.4 is 10.6 Å². The van der Waals surface area contributed by atoms with Gasteiger partial charge in [0, 0.05) is 35.4 Å². The summed E-state index contributed by atoms with van der Waals surface area (Å²) in [4.78, 5) is 19.8. The molecule has 4 rings (SSSR count). The van der Waals surface area contributed by atoms with Crippen molar-refractivity contribution in [3.63, 3.8) is 0 Å². The van der Waals surface area contributed by atoms with Gasteiger partial charge in [-0.3, -0.25) is 4.21 Å². The minimum atomic E-state index is -0.763. The van der Waals surface area contributed by atoms with Crippen LogP contribution in [0.3, 0.4) is 0 Å². The summed E-state index contributed by atoms with van der Waals surface area (Å²) in [5, 5.41) is 0.192. The summed E-state index contributed by atoms with van der Waals surface area (Å²) < 4.78 is 11.7. The summed E-state index contributed by atoms with van der Waals surface area (Å²) in [6.45, 7) is 1.33. The van der Waals surface area contributed by atoms with Crippen LogP contribution in [0.25, 0.3) is 11.0 Å². The maximum absolute atomic E-state index is 11.7. The maximum atomic E-state index is 11.7. The highest BCUT2D eigenvalue weighted by atomic mass is 35.5. The fraction of sp³-hybridized carbons (Fsp3) is 0.647. The van der Waals surface area contributed by atoms with Gasteiger partial charge >= 0.3 is 0 Å². The van der Waals surface area contributed by atoms with Crippen molar-refractivity contribution < 1.29 is 4.21 Å². The first-order valence-corrected chi connectivity index (χ1v) is 11.1. The molecule has 2 N–H and O–H groups in total. The molecule has 0 bridgehead atoms. The topological polar surface area (TPSA) is 97.9 Å². The van der Waals surface area contributed by atoms with Gasteiger partial charge in [-0.05, 0) is 23.9 Å². The molecule has 26 heavy (non-hydrogen) atoms. The number of anilines is 2. The first kappa shape index (κ1) is 17.9. The molecule has 1 saturated carbocycles. The Morgan fingerprint density at radius 2 is 1.77 bits per heavy atom. The third-order valence-electron chi connectivity index (χ3n) is 5.27. The lowest BCUT2D eigenvalue weighted by Crippen LogP contribution is -2.38. The van der Waals surface area contributed by atoms with Crippen molar-refractivity contribution in [1.29, 1.82) is 0 Å². The molecule has 3 heterocycles. The monoisotopic (exact) mass is 394 g/mol. The Bertz CT molecular complexity index is 832. The van der Waals surface area contributed by atoms with Crippen LogP contribution in [0.5, 0.6) is 0 Å². The van der Waals surface area contributed by atoms with E-state index in [2.05, 4.69) is 24.8 Å². The van der Waals surface area contributed by atoms with Gasteiger partial charge in [-0.15, -0.1) is 0 Å². The Labute approximate surface area is 160 Å². The third-order valence-corrected chi connectivity index (χ3v) is 6.72. The van der Waals surface area contributed by atoms with Gasteiger partial charge in [0.2, 0.25) is 11.2 Å². The molecule has 2 aliphatic rings. The second-order valence-corrected chi connectivity index (χ2v) is 9.12. The van der Waals surface area contributed by atoms with Crippen molar-refractivity contribution in [3.8, 4) is 0 Å². The number of nitrogens with zero attached hydrogens (tertiary/aromatic N) is 5. The van der Waals surface area contributed by atoms with E-state index in [1.807, 2.05) is 0 Å². The molecule has 1 saturated heterocycles. The highest BCUT2D eigenvalue weighted by Crippen LogP contribution is 2.31. The average Bonchev–Trinajstić information content (AvgIpc) is 2.63. The fourth-order valence-electron chi connectivity index (χ4n) is 3.93. The molecule has 7 nitrogen and oxygen atoms in total. The zero-order chi connectivity index (χ0) is 18.1. The number of nitrogen functional groups attached to an aromatic ring is 1. The zero-order valence-corrected chi connectivity index (χ0v) is 16.2. The lowest BCUT2D eigenvalue weighted by Gasteiger charge is -2.28. The first-order valence-electron chi connectivity index (χ1n) is 9.19. The lowest BCUT2D eigenvalue weighted by molar-refractivity contribution is 0.355. The van der Waals surface area contributed by atoms with E-state index in [-0.39, 0.29) is 11.2 Å². The molecule has 0 radical (unpaired) electrons. The Morgan fingerprint density at radius 3 is 2.50 bits per heavy atom. The Kier molecular flexibility index (Phi) is 5.22. The van der Waals surface area contributed by atoms with Gasteiger partial charge < -0.3 is 10.6 Å². The molecule has 0 unspecified atom stereocenters. The second kappa shape index (κ2) is 7.60. The van der Waals surface area contributed by atoms with Crippen molar-refractivity contribution in [2.75, 3.05) is 35.2 Å². The van der Waals surface area contributed by atoms with Gasteiger partial charge in [-0.1, -0.05) is 32.1 Å². The van der Waals surface area contributed by atoms with E-state index in [4.69, 9.17) is 17.3 Å². The number of fused-ring (bicyclic) bond motifs is 1. The minimum absolute atomic E-state index is 0.192. The summed E-state index contributed by atoms with van der Waals surface area (Å²) in [5.41, 5.74) is 8.23. The Hall–Kier alpha value is -1.54. The number of rotatable bonds is 3. The van der Waals surface area contributed by atoms with Gasteiger partial charge in [0.15, 0.2) is 5.82 Å². The largest absolute Gasteiger partial charge is 0.368 e. The maximum Gasteiger partial charge on any atom is 0.225 e. The van der Waals surface area contributed by atoms with Crippen LogP contribution in [-0.2, 0) is 17.2 Å². The fourth-order valence-corrected chi connectivity index (χ4v) is 5.15. The molecule has 1 aliphatic heterocycles. The molecule has 9 heteroatoms. The smallest absolute Gasteiger partial charge is 0.225 e. The van der Waals surface area contributed by atoms with E-state index in [0.717, 1.165) is 12.1 Å². The highest BCUT2D eigenvalue weighted by Gasteiger charge is 2.24. The molecule has 1 aliphatic carbocycles. The molecule has 2 aromatic rings. The summed E-state index contributed by atoms with van der Waals surface area (Å²) in [6, 6.07) is 0. The summed E-state index contributed by atoms with van der Waals surface area (Å²) in [5.74, 6) is 2.78. The summed E-state index contributed by atoms with van der Waals surface area (Å²) in [7, 11) is -0.763. The number of hydrogen-bond donors (Lipinski definition) is 1. The van der Waals surface area contributed by atoms with E-state index in [1.165, 1.54) is 32.1 Å². The number of nitrogens with two attached hydrogens (primary N) is 1. The molecule has 0 amide bonds. The van der Waals surface area contributed by atoms with Crippen molar-refractivity contribution in [1.82, 2.24) is 19.9 Å². The molecule has 2 aromatic heterocycles. The van der Waals surface area contributed by atoms with E-state index in [1.54, 1.807) is 0 Å². The molecule has 2 fully saturated rings. The minimum Gasteiger partial charge on any atom is -0.368 e. The lowest BCUT2D eigenvalue weighted by atomic mass is 9.86. The second-order valence-electron chi connectivity index (χ2n) is 7.09. The van der Waals surface area contributed by atoms with E-state index >= 15 is 0 Å². The Morgan fingerprint density at radius 1 is 1.04 bits per heavy atom. The van der Waals surface area contributed by atoms with Crippen molar-refractivity contribution >= 4 is 45.2 Å². The van der Waals surface area contributed by atoms with E-state index in [9.17, 15) is 4.21 Å². The molecular weight excluding hydrogens is 372 g/mol. The van der Waals surface area contributed by atoms with Gasteiger partial charge in [-0.2, -0.15) is 4.98 Å². The van der Waals surface area contributed by atoms with Gasteiger partial charge in [0.1, 0.15) is 11.0 Å². The zero-order valence-electron chi connectivity index (χ0n) is 14.7.